The molecule has 2 fully saturated rings. The first-order valence-electron chi connectivity index (χ1n) is 9.36. The summed E-state index contributed by atoms with van der Waals surface area (Å²) in [4.78, 5) is 13.3. The van der Waals surface area contributed by atoms with E-state index in [0.29, 0.717) is 19.2 Å². The Labute approximate surface area is 157 Å². The van der Waals surface area contributed by atoms with Crippen LogP contribution in [0.1, 0.15) is 44.6 Å². The van der Waals surface area contributed by atoms with Gasteiger partial charge in [0.1, 0.15) is 6.61 Å². The van der Waals surface area contributed by atoms with Crippen molar-refractivity contribution in [1.82, 2.24) is 19.7 Å². The highest BCUT2D eigenvalue weighted by molar-refractivity contribution is 7.99. The number of ether oxygens (including phenoxy) is 1. The molecule has 140 valence electrons. The minimum atomic E-state index is -0.194. The molecule has 1 aliphatic heterocycles. The summed E-state index contributed by atoms with van der Waals surface area (Å²) >= 11 is 1.71. The third-order valence-electron chi connectivity index (χ3n) is 4.99. The van der Waals surface area contributed by atoms with E-state index in [2.05, 4.69) is 14.8 Å². The van der Waals surface area contributed by atoms with Gasteiger partial charge in [-0.05, 0) is 31.4 Å². The van der Waals surface area contributed by atoms with Crippen molar-refractivity contribution in [1.29, 1.82) is 0 Å². The summed E-state index contributed by atoms with van der Waals surface area (Å²) < 4.78 is 12.8. The van der Waals surface area contributed by atoms with E-state index in [1.807, 2.05) is 12.1 Å². The van der Waals surface area contributed by atoms with E-state index in [1.54, 1.807) is 22.9 Å². The Morgan fingerprint density at radius 1 is 1.23 bits per heavy atom. The van der Waals surface area contributed by atoms with Crippen LogP contribution < -0.4 is 0 Å². The number of carbonyl (C=O) groups excluding carboxylic acids is 1. The van der Waals surface area contributed by atoms with E-state index in [4.69, 9.17) is 9.15 Å². The second-order valence-electron chi connectivity index (χ2n) is 6.75. The van der Waals surface area contributed by atoms with Gasteiger partial charge in [0.2, 0.25) is 5.82 Å². The summed E-state index contributed by atoms with van der Waals surface area (Å²) in [5, 5.41) is 9.81. The van der Waals surface area contributed by atoms with Gasteiger partial charge in [0.15, 0.2) is 10.9 Å². The number of amides is 1. The van der Waals surface area contributed by atoms with Crippen LogP contribution in [0.25, 0.3) is 11.6 Å². The van der Waals surface area contributed by atoms with Crippen molar-refractivity contribution in [2.75, 3.05) is 25.4 Å². The molecule has 3 heterocycles. The van der Waals surface area contributed by atoms with Gasteiger partial charge in [-0.2, -0.15) is 0 Å². The highest BCUT2D eigenvalue weighted by Crippen LogP contribution is 2.35. The molecule has 0 spiro atoms. The smallest absolute Gasteiger partial charge is 0.409 e. The van der Waals surface area contributed by atoms with Crippen molar-refractivity contribution in [2.24, 2.45) is 0 Å². The number of nitrogens with zero attached hydrogens (tertiary/aromatic N) is 4. The number of cyclic esters (lactones) is 1. The second kappa shape index (κ2) is 8.16. The molecule has 1 amide bonds. The van der Waals surface area contributed by atoms with Crippen molar-refractivity contribution in [3.05, 3.63) is 18.4 Å². The lowest BCUT2D eigenvalue weighted by atomic mass is 9.95. The Hall–Kier alpha value is -1.96. The van der Waals surface area contributed by atoms with Gasteiger partial charge in [0, 0.05) is 18.3 Å². The third kappa shape index (κ3) is 3.75. The highest BCUT2D eigenvalue weighted by Gasteiger charge is 2.25. The van der Waals surface area contributed by atoms with E-state index >= 15 is 0 Å². The molecule has 2 aromatic rings. The molecule has 0 unspecified atom stereocenters. The van der Waals surface area contributed by atoms with E-state index < -0.39 is 0 Å². The van der Waals surface area contributed by atoms with Crippen LogP contribution in [-0.2, 0) is 4.74 Å². The van der Waals surface area contributed by atoms with E-state index in [1.165, 1.54) is 32.1 Å². The Morgan fingerprint density at radius 2 is 2.12 bits per heavy atom. The lowest BCUT2D eigenvalue weighted by molar-refractivity contribution is 0.158. The average Bonchev–Trinajstić information content (AvgIpc) is 3.40. The predicted molar refractivity (Wildman–Crippen MR) is 98.1 cm³/mol. The molecule has 0 bridgehead atoms. The maximum atomic E-state index is 11.5. The van der Waals surface area contributed by atoms with Crippen LogP contribution in [0.4, 0.5) is 4.79 Å². The monoisotopic (exact) mass is 376 g/mol. The van der Waals surface area contributed by atoms with Gasteiger partial charge in [-0.15, -0.1) is 10.2 Å². The van der Waals surface area contributed by atoms with Crippen molar-refractivity contribution in [3.63, 3.8) is 0 Å². The zero-order chi connectivity index (χ0) is 17.8. The molecule has 0 N–H and O–H groups in total. The number of hydrogen-bond acceptors (Lipinski definition) is 6. The molecule has 0 atom stereocenters. The molecule has 26 heavy (non-hydrogen) atoms. The van der Waals surface area contributed by atoms with Crippen LogP contribution in [0.15, 0.2) is 28.0 Å². The molecule has 2 aromatic heterocycles. The fourth-order valence-electron chi connectivity index (χ4n) is 3.67. The van der Waals surface area contributed by atoms with Crippen LogP contribution in [0.2, 0.25) is 0 Å². The standard InChI is InChI=1S/C18H24N4O3S/c23-18-21(10-12-25-18)9-5-13-26-17-20-19-16(15-8-4-11-24-15)22(17)14-6-2-1-3-7-14/h4,8,11,14H,1-3,5-7,9-10,12-13H2. The van der Waals surface area contributed by atoms with Crippen molar-refractivity contribution in [2.45, 2.75) is 49.7 Å². The Balaban J connectivity index is 1.44. The Bertz CT molecular complexity index is 725. The fourth-order valence-corrected chi connectivity index (χ4v) is 4.59. The molecule has 0 radical (unpaired) electrons. The molecule has 1 aliphatic carbocycles. The molecule has 1 saturated carbocycles. The van der Waals surface area contributed by atoms with Crippen LogP contribution in [0.3, 0.4) is 0 Å². The fraction of sp³-hybridized carbons (Fsp3) is 0.611. The molecular formula is C18H24N4O3S. The molecule has 2 aliphatic rings. The van der Waals surface area contributed by atoms with Gasteiger partial charge >= 0.3 is 6.09 Å². The SMILES string of the molecule is O=C1OCCN1CCCSc1nnc(-c2ccco2)n1C1CCCCC1. The normalized spacial score (nSPS) is 18.5. The van der Waals surface area contributed by atoms with E-state index in [0.717, 1.165) is 35.5 Å². The van der Waals surface area contributed by atoms with Gasteiger partial charge in [-0.1, -0.05) is 31.0 Å². The van der Waals surface area contributed by atoms with Crippen molar-refractivity contribution >= 4 is 17.9 Å². The molecule has 7 nitrogen and oxygen atoms in total. The van der Waals surface area contributed by atoms with Gasteiger partial charge in [0.05, 0.1) is 12.8 Å². The highest BCUT2D eigenvalue weighted by atomic mass is 32.2. The summed E-state index contributed by atoms with van der Waals surface area (Å²) in [5.74, 6) is 2.49. The van der Waals surface area contributed by atoms with E-state index in [9.17, 15) is 4.79 Å². The third-order valence-corrected chi connectivity index (χ3v) is 6.02. The first kappa shape index (κ1) is 17.5. The second-order valence-corrected chi connectivity index (χ2v) is 7.81. The van der Waals surface area contributed by atoms with Crippen molar-refractivity contribution < 1.29 is 13.9 Å². The van der Waals surface area contributed by atoms with Crippen LogP contribution in [-0.4, -0.2) is 51.2 Å². The summed E-state index contributed by atoms with van der Waals surface area (Å²) in [6.07, 6.45) is 8.54. The van der Waals surface area contributed by atoms with Crippen LogP contribution >= 0.6 is 11.8 Å². The molecule has 0 aromatic carbocycles. The van der Waals surface area contributed by atoms with Crippen LogP contribution in [0, 0.1) is 0 Å². The topological polar surface area (TPSA) is 73.4 Å². The number of carbonyl (C=O) groups is 1. The first-order chi connectivity index (χ1) is 12.8. The van der Waals surface area contributed by atoms with Gasteiger partial charge in [-0.3, -0.25) is 4.57 Å². The summed E-state index contributed by atoms with van der Waals surface area (Å²) in [6, 6.07) is 4.27. The molecule has 8 heteroatoms. The van der Waals surface area contributed by atoms with Gasteiger partial charge in [0.25, 0.3) is 0 Å². The van der Waals surface area contributed by atoms with Crippen LogP contribution in [0.5, 0.6) is 0 Å². The number of rotatable bonds is 7. The Kier molecular flexibility index (Phi) is 5.48. The minimum absolute atomic E-state index is 0.194. The van der Waals surface area contributed by atoms with E-state index in [-0.39, 0.29) is 6.09 Å². The molecule has 4 rings (SSSR count). The number of hydrogen-bond donors (Lipinski definition) is 0. The quantitative estimate of drug-likeness (QED) is 0.538. The summed E-state index contributed by atoms with van der Waals surface area (Å²) in [5.41, 5.74) is 0. The lowest BCUT2D eigenvalue weighted by Crippen LogP contribution is -2.25. The predicted octanol–water partition coefficient (Wildman–Crippen LogP) is 3.98. The maximum absolute atomic E-state index is 11.5. The zero-order valence-corrected chi connectivity index (χ0v) is 15.6. The number of aromatic nitrogens is 3. The van der Waals surface area contributed by atoms with Gasteiger partial charge < -0.3 is 14.1 Å². The lowest BCUT2D eigenvalue weighted by Gasteiger charge is -2.25. The zero-order valence-electron chi connectivity index (χ0n) is 14.8. The Morgan fingerprint density at radius 3 is 2.85 bits per heavy atom. The number of thioether (sulfide) groups is 1. The average molecular weight is 376 g/mol. The first-order valence-corrected chi connectivity index (χ1v) is 10.3. The minimum Gasteiger partial charge on any atom is -0.461 e. The summed E-state index contributed by atoms with van der Waals surface area (Å²) in [6.45, 7) is 1.94. The number of furan rings is 1. The molecular weight excluding hydrogens is 352 g/mol. The molecule has 1 saturated heterocycles. The van der Waals surface area contributed by atoms with Gasteiger partial charge in [-0.25, -0.2) is 4.79 Å². The maximum Gasteiger partial charge on any atom is 0.409 e. The summed E-state index contributed by atoms with van der Waals surface area (Å²) in [7, 11) is 0. The largest absolute Gasteiger partial charge is 0.461 e. The van der Waals surface area contributed by atoms with Crippen molar-refractivity contribution in [3.8, 4) is 11.6 Å².